The number of aryl methyl sites for hydroxylation is 1. The second-order valence-electron chi connectivity index (χ2n) is 20.0. The minimum atomic E-state index is -2.91. The number of carbonyl (C=O) groups excluding carboxylic acids is 1. The number of hydrogen-bond acceptors (Lipinski definition) is 15. The Morgan fingerprint density at radius 2 is 1.40 bits per heavy atom. The molecule has 1 amide bonds. The van der Waals surface area contributed by atoms with Gasteiger partial charge >= 0.3 is 13.9 Å². The largest absolute Gasteiger partial charge is 0.697 e. The molecule has 1 unspecified atom stereocenters. The first-order chi connectivity index (χ1) is 34.7. The molecule has 0 aliphatic carbocycles. The number of hydrogen-bond donors (Lipinski definition) is 3. The summed E-state index contributed by atoms with van der Waals surface area (Å²) in [5.74, 6) is 0.464. The van der Waals surface area contributed by atoms with Crippen LogP contribution in [0.3, 0.4) is 0 Å². The molecule has 0 radical (unpaired) electrons. The van der Waals surface area contributed by atoms with Gasteiger partial charge in [0.1, 0.15) is 54.5 Å². The molecular formula is C51H63N7O13PSi+. The summed E-state index contributed by atoms with van der Waals surface area (Å²) in [5, 5.41) is 2.47. The van der Waals surface area contributed by atoms with Crippen molar-refractivity contribution in [3.8, 4) is 11.5 Å². The number of aromatic nitrogens is 6. The number of fused-ring (bicyclic) bond motifs is 1. The number of methoxy groups -OCH3 is 2. The number of carbonyl (C=O) groups is 1. The zero-order valence-corrected chi connectivity index (χ0v) is 44.5. The SMILES string of the molecule is COc1ccc(C(OC[C@H]2O[C@@H](n3cnc4c(=O)[nH]c(NC(=O)C(C)C)nc43)C[C@@H]2O[P+](=O)OC[C@H]2O[C@@H](n3cc(C)c(=O)[nH]c3=O)C[C@@H]2O[Si](C)(C)C(C)(C)C)(c2ccccc2)c2ccc(OC)cc2)cc1. The fraction of sp³-hybridized carbons (Fsp3) is 0.451. The average molecular weight is 1040 g/mol. The van der Waals surface area contributed by atoms with Crippen LogP contribution in [0.25, 0.3) is 11.2 Å². The van der Waals surface area contributed by atoms with Crippen LogP contribution in [0.2, 0.25) is 18.1 Å². The Hall–Kier alpha value is -6.16. The molecule has 3 N–H and O–H groups in total. The predicted octanol–water partition coefficient (Wildman–Crippen LogP) is 7.62. The molecule has 3 aromatic heterocycles. The minimum Gasteiger partial charge on any atom is -0.497 e. The molecule has 7 atom stereocenters. The van der Waals surface area contributed by atoms with E-state index in [1.54, 1.807) is 39.6 Å². The van der Waals surface area contributed by atoms with Crippen LogP contribution in [0.15, 0.2) is 106 Å². The smallest absolute Gasteiger partial charge is 0.497 e. The number of H-pyrrole nitrogens is 2. The first-order valence-electron chi connectivity index (χ1n) is 24.0. The summed E-state index contributed by atoms with van der Waals surface area (Å²) in [5.41, 5.74) is -0.220. The molecule has 2 aliphatic heterocycles. The van der Waals surface area contributed by atoms with Crippen LogP contribution in [-0.4, -0.2) is 95.1 Å². The zero-order valence-electron chi connectivity index (χ0n) is 42.6. The Labute approximate surface area is 423 Å². The van der Waals surface area contributed by atoms with E-state index in [1.165, 1.54) is 17.1 Å². The van der Waals surface area contributed by atoms with Crippen LogP contribution in [0.1, 0.15) is 82.2 Å². The Kier molecular flexibility index (Phi) is 15.8. The van der Waals surface area contributed by atoms with Gasteiger partial charge in [-0.15, -0.1) is 9.05 Å². The molecule has 0 bridgehead atoms. The molecule has 6 aromatic rings. The van der Waals surface area contributed by atoms with Gasteiger partial charge in [0, 0.05) is 35.1 Å². The highest BCUT2D eigenvalue weighted by Gasteiger charge is 2.49. The number of anilines is 1. The fourth-order valence-electron chi connectivity index (χ4n) is 8.65. The van der Waals surface area contributed by atoms with Gasteiger partial charge < -0.3 is 28.1 Å². The molecule has 20 nitrogen and oxygen atoms in total. The van der Waals surface area contributed by atoms with Crippen LogP contribution in [0.4, 0.5) is 5.95 Å². The van der Waals surface area contributed by atoms with Gasteiger partial charge in [0.05, 0.1) is 33.3 Å². The third-order valence-electron chi connectivity index (χ3n) is 13.8. The number of imidazole rings is 1. The first-order valence-corrected chi connectivity index (χ1v) is 28.1. The van der Waals surface area contributed by atoms with Crippen LogP contribution >= 0.6 is 8.25 Å². The van der Waals surface area contributed by atoms with Crippen molar-refractivity contribution in [2.24, 2.45) is 5.92 Å². The summed E-state index contributed by atoms with van der Waals surface area (Å²) in [6, 6.07) is 24.8. The lowest BCUT2D eigenvalue weighted by atomic mass is 9.80. The van der Waals surface area contributed by atoms with Gasteiger partial charge in [0.2, 0.25) is 11.9 Å². The monoisotopic (exact) mass is 1040 g/mol. The number of benzene rings is 3. The third-order valence-corrected chi connectivity index (χ3v) is 19.1. The van der Waals surface area contributed by atoms with Crippen LogP contribution in [0.5, 0.6) is 11.5 Å². The van der Waals surface area contributed by atoms with Crippen molar-refractivity contribution in [1.82, 2.24) is 29.1 Å². The summed E-state index contributed by atoms with van der Waals surface area (Å²) < 4.78 is 67.9. The van der Waals surface area contributed by atoms with Gasteiger partial charge in [-0.3, -0.25) is 38.8 Å². The van der Waals surface area contributed by atoms with Gasteiger partial charge in [-0.2, -0.15) is 4.98 Å². The molecule has 0 saturated carbocycles. The van der Waals surface area contributed by atoms with Crippen LogP contribution < -0.4 is 31.6 Å². The first kappa shape index (κ1) is 53.1. The van der Waals surface area contributed by atoms with E-state index in [0.717, 1.165) is 16.7 Å². The van der Waals surface area contributed by atoms with E-state index < -0.39 is 81.8 Å². The van der Waals surface area contributed by atoms with Gasteiger partial charge in [0.25, 0.3) is 11.1 Å². The minimum absolute atomic E-state index is 0.00320. The molecule has 3 aromatic carbocycles. The molecule has 73 heavy (non-hydrogen) atoms. The number of aromatic amines is 2. The maximum absolute atomic E-state index is 14.3. The van der Waals surface area contributed by atoms with E-state index in [1.807, 2.05) is 78.9 Å². The van der Waals surface area contributed by atoms with E-state index >= 15 is 0 Å². The Balaban J connectivity index is 1.12. The average Bonchev–Trinajstić information content (AvgIpc) is 4.09. The number of nitrogens with zero attached hydrogens (tertiary/aromatic N) is 4. The second kappa shape index (κ2) is 21.7. The maximum Gasteiger partial charge on any atom is 0.697 e. The second-order valence-corrected chi connectivity index (χ2v) is 25.7. The molecule has 2 aliphatic rings. The lowest BCUT2D eigenvalue weighted by Gasteiger charge is -2.39. The summed E-state index contributed by atoms with van der Waals surface area (Å²) in [4.78, 5) is 65.1. The normalized spacial score (nSPS) is 20.7. The van der Waals surface area contributed by atoms with E-state index in [9.17, 15) is 23.7 Å². The highest BCUT2D eigenvalue weighted by Crippen LogP contribution is 2.46. The summed E-state index contributed by atoms with van der Waals surface area (Å²) >= 11 is 0. The van der Waals surface area contributed by atoms with Crippen molar-refractivity contribution < 1.29 is 46.5 Å². The lowest BCUT2D eigenvalue weighted by Crippen LogP contribution is -2.46. The Bertz CT molecular complexity index is 3050. The van der Waals surface area contributed by atoms with Crippen molar-refractivity contribution in [3.63, 3.8) is 0 Å². The molecule has 2 saturated heterocycles. The van der Waals surface area contributed by atoms with Gasteiger partial charge in [-0.1, -0.05) is 89.2 Å². The Morgan fingerprint density at radius 3 is 1.99 bits per heavy atom. The van der Waals surface area contributed by atoms with Crippen LogP contribution in [0, 0.1) is 12.8 Å². The molecule has 0 spiro atoms. The van der Waals surface area contributed by atoms with E-state index in [2.05, 4.69) is 59.1 Å². The lowest BCUT2D eigenvalue weighted by molar-refractivity contribution is -0.118. The summed E-state index contributed by atoms with van der Waals surface area (Å²) in [7, 11) is -2.16. The zero-order chi connectivity index (χ0) is 52.4. The molecular weight excluding hydrogens is 978 g/mol. The van der Waals surface area contributed by atoms with Crippen LogP contribution in [-0.2, 0) is 42.6 Å². The van der Waals surface area contributed by atoms with E-state index in [-0.39, 0.29) is 54.1 Å². The van der Waals surface area contributed by atoms with Gasteiger partial charge in [-0.25, -0.2) is 9.78 Å². The van der Waals surface area contributed by atoms with Crippen molar-refractivity contribution in [1.29, 1.82) is 0 Å². The molecule has 2 fully saturated rings. The number of nitrogens with one attached hydrogen (secondary N) is 3. The third kappa shape index (κ3) is 11.3. The maximum atomic E-state index is 14.3. The Morgan fingerprint density at radius 1 is 0.822 bits per heavy atom. The number of rotatable bonds is 19. The topological polar surface area (TPSA) is 238 Å². The predicted molar refractivity (Wildman–Crippen MR) is 273 cm³/mol. The highest BCUT2D eigenvalue weighted by molar-refractivity contribution is 7.33. The summed E-state index contributed by atoms with van der Waals surface area (Å²) in [6.45, 7) is 15.2. The highest BCUT2D eigenvalue weighted by atomic mass is 31.1. The van der Waals surface area contributed by atoms with Crippen molar-refractivity contribution >= 4 is 39.6 Å². The van der Waals surface area contributed by atoms with Crippen molar-refractivity contribution in [3.05, 3.63) is 145 Å². The molecule has 22 heteroatoms. The quantitative estimate of drug-likeness (QED) is 0.0402. The standard InChI is InChI=1S/C51H62N7O13PSi/c1-30(2)45(59)54-48-53-44-43(47(61)55-48)52-29-58(44)42-24-37(70-72(63)67-28-40-38(71-73(9,10)50(4,5)6)25-41(69-40)57-26-31(3)46(60)56-49(57)62)39(68-42)27-66-51(32-14-12-11-13-15-32,33-16-20-35(64-7)21-17-33)34-18-22-36(65-8)23-19-34/h11-23,26,29-30,37-42H,24-25,27-28H2,1-10H3,(H2-,53,54,55,56,59,60,61,62)/p+1/t37-,38-,39+,40+,41+,42+/m0/s1. The van der Waals surface area contributed by atoms with Gasteiger partial charge in [0.15, 0.2) is 19.5 Å². The van der Waals surface area contributed by atoms with Crippen molar-refractivity contribution in [2.45, 2.75) is 115 Å². The molecule has 8 rings (SSSR count). The molecule has 388 valence electrons. The van der Waals surface area contributed by atoms with E-state index in [0.29, 0.717) is 17.1 Å². The van der Waals surface area contributed by atoms with Crippen molar-refractivity contribution in [2.75, 3.05) is 32.8 Å². The fourth-order valence-corrected chi connectivity index (χ4v) is 10.8. The molecule has 5 heterocycles. The van der Waals surface area contributed by atoms with E-state index in [4.69, 9.17) is 37.2 Å². The number of ether oxygens (including phenoxy) is 5. The summed E-state index contributed by atoms with van der Waals surface area (Å²) in [6.07, 6.45) is -1.81. The number of amides is 1. The van der Waals surface area contributed by atoms with Gasteiger partial charge in [-0.05, 0) is 66.0 Å².